The number of carbonyl (C=O) groups excluding carboxylic acids is 3. The van der Waals surface area contributed by atoms with Gasteiger partial charge in [-0.1, -0.05) is 96.6 Å². The van der Waals surface area contributed by atoms with Gasteiger partial charge in [-0.15, -0.1) is 0 Å². The number of para-hydroxylation sites is 2. The second kappa shape index (κ2) is 16.7. The minimum atomic E-state index is -1.36. The van der Waals surface area contributed by atoms with Crippen molar-refractivity contribution in [1.29, 1.82) is 0 Å². The van der Waals surface area contributed by atoms with Crippen molar-refractivity contribution in [3.8, 4) is 0 Å². The average molecular weight is 703 g/mol. The Balaban J connectivity index is 1.02. The number of aryl methyl sites for hydroxylation is 1. The van der Waals surface area contributed by atoms with Crippen LogP contribution in [-0.4, -0.2) is 51.4 Å². The largest absolute Gasteiger partial charge is 0.480 e. The second-order valence-electron chi connectivity index (χ2n) is 14.2. The number of ether oxygens (including phenoxy) is 1. The standard InChI is InChI=1S/C42H46N4O6/c1-42(40(50)43-26-36(39(48)49)46-41(51)52-27-29-11-4-2-5-12-29)21-19-28(20-22-42)23-30(13-10-18-38-44-34-16-8-9-17-35(34)45-38)24-37(47)33-25-32(33)31-14-6-3-7-15-31/h2-9,11-12,14-17,19-21,30,32-33,36H,10,13,18,22-27H2,1H3,(H,43,50)(H,44,45)(H,46,51)(H,48,49). The van der Waals surface area contributed by atoms with Gasteiger partial charge in [-0.2, -0.15) is 0 Å². The molecule has 1 heterocycles. The third-order valence-electron chi connectivity index (χ3n) is 10.2. The molecule has 0 spiro atoms. The Labute approximate surface area is 303 Å². The summed E-state index contributed by atoms with van der Waals surface area (Å²) >= 11 is 0. The summed E-state index contributed by atoms with van der Waals surface area (Å²) in [5.41, 5.74) is 4.14. The van der Waals surface area contributed by atoms with Crippen LogP contribution in [0.1, 0.15) is 68.3 Å². The van der Waals surface area contributed by atoms with Crippen LogP contribution in [0.25, 0.3) is 11.0 Å². The van der Waals surface area contributed by atoms with Crippen molar-refractivity contribution in [1.82, 2.24) is 20.6 Å². The van der Waals surface area contributed by atoms with Crippen LogP contribution < -0.4 is 10.6 Å². The molecule has 2 aliphatic carbocycles. The van der Waals surface area contributed by atoms with Crippen molar-refractivity contribution in [2.45, 2.75) is 70.4 Å². The third-order valence-corrected chi connectivity index (χ3v) is 10.2. The number of imidazole rings is 1. The molecule has 0 bridgehead atoms. The zero-order chi connectivity index (χ0) is 36.5. The van der Waals surface area contributed by atoms with Crippen LogP contribution in [0.15, 0.2) is 109 Å². The number of Topliss-reactive ketones (excluding diaryl/α,β-unsaturated/α-hetero) is 1. The normalized spacial score (nSPS) is 20.4. The van der Waals surface area contributed by atoms with E-state index < -0.39 is 23.5 Å². The van der Waals surface area contributed by atoms with Crippen molar-refractivity contribution in [3.63, 3.8) is 0 Å². The van der Waals surface area contributed by atoms with Gasteiger partial charge >= 0.3 is 12.1 Å². The highest BCUT2D eigenvalue weighted by molar-refractivity contribution is 5.87. The number of amides is 2. The lowest BCUT2D eigenvalue weighted by atomic mass is 9.78. The van der Waals surface area contributed by atoms with Crippen molar-refractivity contribution < 1.29 is 29.0 Å². The molecule has 5 atom stereocenters. The summed E-state index contributed by atoms with van der Waals surface area (Å²) in [6.07, 6.45) is 10.1. The molecule has 52 heavy (non-hydrogen) atoms. The topological polar surface area (TPSA) is 150 Å². The van der Waals surface area contributed by atoms with Crippen molar-refractivity contribution in [2.75, 3.05) is 6.54 Å². The fourth-order valence-corrected chi connectivity index (χ4v) is 6.94. The number of H-pyrrole nitrogens is 1. The zero-order valence-electron chi connectivity index (χ0n) is 29.4. The fraction of sp³-hybridized carbons (Fsp3) is 0.357. The number of ketones is 1. The van der Waals surface area contributed by atoms with E-state index in [1.807, 2.05) is 78.9 Å². The number of aliphatic carboxylic acids is 1. The number of carboxylic acid groups (broad SMARTS) is 1. The second-order valence-corrected chi connectivity index (χ2v) is 14.2. The van der Waals surface area contributed by atoms with Gasteiger partial charge in [0.25, 0.3) is 0 Å². The number of allylic oxidation sites excluding steroid dienone is 3. The van der Waals surface area contributed by atoms with Crippen molar-refractivity contribution >= 4 is 34.8 Å². The smallest absolute Gasteiger partial charge is 0.408 e. The van der Waals surface area contributed by atoms with Crippen LogP contribution in [0.2, 0.25) is 0 Å². The Kier molecular flexibility index (Phi) is 11.6. The van der Waals surface area contributed by atoms with Crippen LogP contribution in [-0.2, 0) is 32.1 Å². The lowest BCUT2D eigenvalue weighted by Gasteiger charge is -2.28. The Morgan fingerprint density at radius 1 is 1.00 bits per heavy atom. The zero-order valence-corrected chi connectivity index (χ0v) is 29.4. The van der Waals surface area contributed by atoms with Gasteiger partial charge < -0.3 is 25.5 Å². The Morgan fingerprint density at radius 2 is 1.73 bits per heavy atom. The maximum absolute atomic E-state index is 13.5. The van der Waals surface area contributed by atoms with Gasteiger partial charge in [-0.25, -0.2) is 14.6 Å². The first kappa shape index (κ1) is 36.3. The number of hydrogen-bond donors (Lipinski definition) is 4. The molecule has 1 aromatic heterocycles. The number of carboxylic acids is 1. The van der Waals surface area contributed by atoms with E-state index in [9.17, 15) is 24.3 Å². The van der Waals surface area contributed by atoms with Crippen molar-refractivity contribution in [2.24, 2.45) is 17.3 Å². The summed E-state index contributed by atoms with van der Waals surface area (Å²) < 4.78 is 5.15. The molecule has 0 radical (unpaired) electrons. The maximum atomic E-state index is 13.5. The molecule has 4 aromatic rings. The Morgan fingerprint density at radius 3 is 2.44 bits per heavy atom. The van der Waals surface area contributed by atoms with E-state index in [0.717, 1.165) is 60.1 Å². The molecule has 0 aliphatic heterocycles. The van der Waals surface area contributed by atoms with Crippen LogP contribution in [0.3, 0.4) is 0 Å². The lowest BCUT2D eigenvalue weighted by Crippen LogP contribution is -2.50. The number of carbonyl (C=O) groups is 4. The molecule has 1 fully saturated rings. The Hall–Kier alpha value is -5.51. The first-order chi connectivity index (χ1) is 25.2. The highest BCUT2D eigenvalue weighted by Crippen LogP contribution is 2.49. The number of fused-ring (bicyclic) bond motifs is 1. The first-order valence-electron chi connectivity index (χ1n) is 18.0. The number of rotatable bonds is 17. The molecular formula is C42H46N4O6. The van der Waals surface area contributed by atoms with E-state index in [2.05, 4.69) is 27.8 Å². The highest BCUT2D eigenvalue weighted by atomic mass is 16.5. The van der Waals surface area contributed by atoms with Gasteiger partial charge in [0.1, 0.15) is 24.3 Å². The summed E-state index contributed by atoms with van der Waals surface area (Å²) in [5.74, 6) is 0.144. The monoisotopic (exact) mass is 702 g/mol. The van der Waals surface area contributed by atoms with Gasteiger partial charge in [0.2, 0.25) is 5.91 Å². The maximum Gasteiger partial charge on any atom is 0.408 e. The molecule has 1 saturated carbocycles. The number of nitrogens with one attached hydrogen (secondary N) is 3. The lowest BCUT2D eigenvalue weighted by molar-refractivity contribution is -0.139. The SMILES string of the molecule is CC1(C(=O)NCC(NC(=O)OCc2ccccc2)C(=O)O)C=CC(CC(CCCc2nc3ccccc3[nH]2)CC(=O)C2CC2c2ccccc2)=CC1. The Bertz CT molecular complexity index is 1900. The summed E-state index contributed by atoms with van der Waals surface area (Å²) in [7, 11) is 0. The van der Waals surface area contributed by atoms with Crippen LogP contribution >= 0.6 is 0 Å². The summed E-state index contributed by atoms with van der Waals surface area (Å²) in [4.78, 5) is 59.1. The molecular weight excluding hydrogens is 656 g/mol. The highest BCUT2D eigenvalue weighted by Gasteiger charge is 2.43. The van der Waals surface area contributed by atoms with Gasteiger partial charge in [-0.05, 0) is 74.1 Å². The van der Waals surface area contributed by atoms with Crippen LogP contribution in [0, 0.1) is 17.3 Å². The molecule has 10 heteroatoms. The number of nitrogens with zero attached hydrogens (tertiary/aromatic N) is 1. The van der Waals surface area contributed by atoms with E-state index in [4.69, 9.17) is 9.72 Å². The average Bonchev–Trinajstić information content (AvgIpc) is 3.86. The van der Waals surface area contributed by atoms with Gasteiger partial charge in [0.05, 0.1) is 16.4 Å². The number of benzene rings is 3. The minimum absolute atomic E-state index is 0.00595. The molecule has 10 nitrogen and oxygen atoms in total. The predicted octanol–water partition coefficient (Wildman–Crippen LogP) is 7.04. The van der Waals surface area contributed by atoms with Gasteiger partial charge in [-0.3, -0.25) is 9.59 Å². The molecule has 2 amide bonds. The molecule has 6 rings (SSSR count). The fourth-order valence-electron chi connectivity index (χ4n) is 6.94. The quantitative estimate of drug-likeness (QED) is 0.0922. The van der Waals surface area contributed by atoms with Crippen LogP contribution in [0.4, 0.5) is 4.79 Å². The van der Waals surface area contributed by atoms with E-state index in [-0.39, 0.29) is 30.9 Å². The van der Waals surface area contributed by atoms with Crippen LogP contribution in [0.5, 0.6) is 0 Å². The minimum Gasteiger partial charge on any atom is -0.480 e. The molecule has 4 N–H and O–H groups in total. The van der Waals surface area contributed by atoms with E-state index in [0.29, 0.717) is 24.5 Å². The molecule has 2 aliphatic rings. The number of alkyl carbamates (subject to hydrolysis) is 1. The summed E-state index contributed by atoms with van der Waals surface area (Å²) in [6.45, 7) is 1.50. The predicted molar refractivity (Wildman–Crippen MR) is 198 cm³/mol. The number of hydrogen-bond acceptors (Lipinski definition) is 6. The molecule has 0 saturated heterocycles. The summed E-state index contributed by atoms with van der Waals surface area (Å²) in [6, 6.07) is 25.9. The van der Waals surface area contributed by atoms with E-state index in [1.54, 1.807) is 19.1 Å². The van der Waals surface area contributed by atoms with Gasteiger partial charge in [0.15, 0.2) is 0 Å². The van der Waals surface area contributed by atoms with Gasteiger partial charge in [0, 0.05) is 25.3 Å². The van der Waals surface area contributed by atoms with E-state index >= 15 is 0 Å². The van der Waals surface area contributed by atoms with Crippen molar-refractivity contribution in [3.05, 3.63) is 126 Å². The number of aromatic nitrogens is 2. The molecule has 270 valence electrons. The number of aromatic amines is 1. The van der Waals surface area contributed by atoms with E-state index in [1.165, 1.54) is 5.56 Å². The summed E-state index contributed by atoms with van der Waals surface area (Å²) in [5, 5.41) is 14.7. The molecule has 5 unspecified atom stereocenters. The first-order valence-corrected chi connectivity index (χ1v) is 18.0. The third kappa shape index (κ3) is 9.63. The molecule has 3 aromatic carbocycles.